The van der Waals surface area contributed by atoms with Crippen LogP contribution in [-0.4, -0.2) is 19.3 Å². The number of carbonyl (C=O) groups excluding carboxylic acids is 1. The fourth-order valence-electron chi connectivity index (χ4n) is 3.03. The third-order valence-corrected chi connectivity index (χ3v) is 7.16. The van der Waals surface area contributed by atoms with E-state index in [1.165, 1.54) is 23.5 Å². The molecule has 9 heteroatoms. The normalized spacial score (nSPS) is 11.5. The largest absolute Gasteiger partial charge is 0.298 e. The lowest BCUT2D eigenvalue weighted by atomic mass is 10.1. The first-order valence-corrected chi connectivity index (χ1v) is 11.6. The SMILES string of the molecule is Cc1ccc2sc(NC(=O)c3ccccc3NS(=O)(=O)c3ccc(F)cc3)nc2c1C. The van der Waals surface area contributed by atoms with Gasteiger partial charge in [-0.1, -0.05) is 29.5 Å². The molecule has 0 spiro atoms. The molecule has 0 saturated heterocycles. The molecular formula is C22H18FN3O3S2. The fraction of sp³-hybridized carbons (Fsp3) is 0.0909. The summed E-state index contributed by atoms with van der Waals surface area (Å²) >= 11 is 1.34. The molecule has 1 amide bonds. The third kappa shape index (κ3) is 4.28. The van der Waals surface area contributed by atoms with Gasteiger partial charge in [0.05, 0.1) is 26.4 Å². The Bertz CT molecular complexity index is 1400. The third-order valence-electron chi connectivity index (χ3n) is 4.85. The van der Waals surface area contributed by atoms with Crippen LogP contribution >= 0.6 is 11.3 Å². The number of halogens is 1. The Morgan fingerprint density at radius 2 is 1.71 bits per heavy atom. The van der Waals surface area contributed by atoms with Crippen LogP contribution in [-0.2, 0) is 10.0 Å². The van der Waals surface area contributed by atoms with Crippen molar-refractivity contribution in [2.24, 2.45) is 0 Å². The summed E-state index contributed by atoms with van der Waals surface area (Å²) in [5.41, 5.74) is 3.22. The molecule has 0 bridgehead atoms. The molecule has 31 heavy (non-hydrogen) atoms. The van der Waals surface area contributed by atoms with E-state index in [0.29, 0.717) is 5.13 Å². The van der Waals surface area contributed by atoms with E-state index in [2.05, 4.69) is 15.0 Å². The number of aryl methyl sites for hydroxylation is 2. The molecule has 1 aromatic heterocycles. The van der Waals surface area contributed by atoms with Crippen molar-refractivity contribution in [1.82, 2.24) is 4.98 Å². The summed E-state index contributed by atoms with van der Waals surface area (Å²) in [6.45, 7) is 3.97. The number of para-hydroxylation sites is 1. The van der Waals surface area contributed by atoms with Gasteiger partial charge in [-0.15, -0.1) is 0 Å². The highest BCUT2D eigenvalue weighted by molar-refractivity contribution is 7.92. The van der Waals surface area contributed by atoms with Crippen LogP contribution in [0, 0.1) is 19.7 Å². The minimum absolute atomic E-state index is 0.109. The van der Waals surface area contributed by atoms with E-state index >= 15 is 0 Å². The second kappa shape index (κ2) is 8.09. The maximum Gasteiger partial charge on any atom is 0.261 e. The molecule has 0 atom stereocenters. The number of rotatable bonds is 5. The molecule has 0 saturated carbocycles. The molecule has 1 heterocycles. The number of hydrogen-bond acceptors (Lipinski definition) is 5. The van der Waals surface area contributed by atoms with Gasteiger partial charge in [0.1, 0.15) is 5.82 Å². The minimum atomic E-state index is -4.00. The Kier molecular flexibility index (Phi) is 5.47. The van der Waals surface area contributed by atoms with Crippen LogP contribution in [0.4, 0.5) is 15.2 Å². The van der Waals surface area contributed by atoms with E-state index in [1.807, 2.05) is 26.0 Å². The highest BCUT2D eigenvalue weighted by Gasteiger charge is 2.20. The Hall–Kier alpha value is -3.30. The van der Waals surface area contributed by atoms with Gasteiger partial charge in [0.15, 0.2) is 5.13 Å². The Morgan fingerprint density at radius 1 is 1.00 bits per heavy atom. The topological polar surface area (TPSA) is 88.2 Å². The van der Waals surface area contributed by atoms with Crippen molar-refractivity contribution in [2.45, 2.75) is 18.7 Å². The van der Waals surface area contributed by atoms with E-state index in [1.54, 1.807) is 12.1 Å². The van der Waals surface area contributed by atoms with Gasteiger partial charge in [-0.3, -0.25) is 14.8 Å². The first kappa shape index (κ1) is 21.0. The van der Waals surface area contributed by atoms with Crippen LogP contribution in [0.1, 0.15) is 21.5 Å². The quantitative estimate of drug-likeness (QED) is 0.438. The van der Waals surface area contributed by atoms with Gasteiger partial charge in [-0.05, 0) is 67.4 Å². The van der Waals surface area contributed by atoms with Crippen molar-refractivity contribution in [3.63, 3.8) is 0 Å². The van der Waals surface area contributed by atoms with Crippen molar-refractivity contribution < 1.29 is 17.6 Å². The highest BCUT2D eigenvalue weighted by Crippen LogP contribution is 2.30. The molecule has 2 N–H and O–H groups in total. The van der Waals surface area contributed by atoms with Crippen LogP contribution in [0.2, 0.25) is 0 Å². The minimum Gasteiger partial charge on any atom is -0.298 e. The van der Waals surface area contributed by atoms with Gasteiger partial charge < -0.3 is 0 Å². The number of fused-ring (bicyclic) bond motifs is 1. The first-order valence-electron chi connectivity index (χ1n) is 9.30. The number of nitrogens with one attached hydrogen (secondary N) is 2. The average molecular weight is 456 g/mol. The van der Waals surface area contributed by atoms with Crippen molar-refractivity contribution >= 4 is 48.3 Å². The van der Waals surface area contributed by atoms with Crippen molar-refractivity contribution in [3.05, 3.63) is 83.2 Å². The lowest BCUT2D eigenvalue weighted by Gasteiger charge is -2.12. The van der Waals surface area contributed by atoms with Crippen LogP contribution < -0.4 is 10.0 Å². The van der Waals surface area contributed by atoms with Gasteiger partial charge in [-0.25, -0.2) is 17.8 Å². The monoisotopic (exact) mass is 455 g/mol. The number of amides is 1. The summed E-state index contributed by atoms with van der Waals surface area (Å²) in [5.74, 6) is -1.04. The van der Waals surface area contributed by atoms with Crippen LogP contribution in [0.25, 0.3) is 10.2 Å². The molecule has 3 aromatic carbocycles. The number of aromatic nitrogens is 1. The average Bonchev–Trinajstić information content (AvgIpc) is 3.14. The lowest BCUT2D eigenvalue weighted by molar-refractivity contribution is 0.102. The smallest absolute Gasteiger partial charge is 0.261 e. The summed E-state index contributed by atoms with van der Waals surface area (Å²) < 4.78 is 41.8. The van der Waals surface area contributed by atoms with Crippen LogP contribution in [0.15, 0.2) is 65.6 Å². The maximum atomic E-state index is 13.1. The summed E-state index contributed by atoms with van der Waals surface area (Å²) in [7, 11) is -4.00. The van der Waals surface area contributed by atoms with Crippen LogP contribution in [0.5, 0.6) is 0 Å². The van der Waals surface area contributed by atoms with Gasteiger partial charge in [0.25, 0.3) is 15.9 Å². The number of sulfonamides is 1. The van der Waals surface area contributed by atoms with E-state index in [4.69, 9.17) is 0 Å². The van der Waals surface area contributed by atoms with Gasteiger partial charge >= 0.3 is 0 Å². The molecule has 158 valence electrons. The molecule has 4 aromatic rings. The second-order valence-electron chi connectivity index (χ2n) is 6.93. The zero-order valence-electron chi connectivity index (χ0n) is 16.6. The number of hydrogen-bond donors (Lipinski definition) is 2. The van der Waals surface area contributed by atoms with E-state index in [-0.39, 0.29) is 16.1 Å². The van der Waals surface area contributed by atoms with E-state index < -0.39 is 21.7 Å². The maximum absolute atomic E-state index is 13.1. The zero-order chi connectivity index (χ0) is 22.2. The summed E-state index contributed by atoms with van der Waals surface area (Å²) in [5, 5.41) is 3.17. The second-order valence-corrected chi connectivity index (χ2v) is 9.65. The molecule has 4 rings (SSSR count). The van der Waals surface area contributed by atoms with Crippen molar-refractivity contribution in [1.29, 1.82) is 0 Å². The first-order chi connectivity index (χ1) is 14.7. The fourth-order valence-corrected chi connectivity index (χ4v) is 5.03. The summed E-state index contributed by atoms with van der Waals surface area (Å²) in [6.07, 6.45) is 0. The van der Waals surface area contributed by atoms with Crippen molar-refractivity contribution in [3.8, 4) is 0 Å². The van der Waals surface area contributed by atoms with Gasteiger partial charge in [-0.2, -0.15) is 0 Å². The van der Waals surface area contributed by atoms with Gasteiger partial charge in [0, 0.05) is 0 Å². The standard InChI is InChI=1S/C22H18FN3O3S2/c1-13-7-12-19-20(14(13)2)24-22(30-19)25-21(27)17-5-3-4-6-18(17)26-31(28,29)16-10-8-15(23)9-11-16/h3-12,26H,1-2H3,(H,24,25,27). The molecule has 0 fully saturated rings. The molecule has 0 aliphatic carbocycles. The Labute approximate surface area is 182 Å². The molecular weight excluding hydrogens is 437 g/mol. The predicted molar refractivity (Wildman–Crippen MR) is 121 cm³/mol. The molecule has 0 radical (unpaired) electrons. The molecule has 6 nitrogen and oxygen atoms in total. The number of benzene rings is 3. The predicted octanol–water partition coefficient (Wildman–Crippen LogP) is 5.11. The van der Waals surface area contributed by atoms with Gasteiger partial charge in [0.2, 0.25) is 0 Å². The van der Waals surface area contributed by atoms with Crippen molar-refractivity contribution in [2.75, 3.05) is 10.0 Å². The zero-order valence-corrected chi connectivity index (χ0v) is 18.3. The lowest BCUT2D eigenvalue weighted by Crippen LogP contribution is -2.18. The molecule has 0 aliphatic rings. The number of thiazole rings is 1. The number of anilines is 2. The highest BCUT2D eigenvalue weighted by atomic mass is 32.2. The molecule has 0 aliphatic heterocycles. The molecule has 0 unspecified atom stereocenters. The van der Waals surface area contributed by atoms with E-state index in [0.717, 1.165) is 45.6 Å². The number of nitrogens with zero attached hydrogens (tertiary/aromatic N) is 1. The van der Waals surface area contributed by atoms with E-state index in [9.17, 15) is 17.6 Å². The number of carbonyl (C=O) groups is 1. The summed E-state index contributed by atoms with van der Waals surface area (Å²) in [6, 6.07) is 14.6. The van der Waals surface area contributed by atoms with Crippen LogP contribution in [0.3, 0.4) is 0 Å². The summed E-state index contributed by atoms with van der Waals surface area (Å²) in [4.78, 5) is 17.3. The Balaban J connectivity index is 1.61. The Morgan fingerprint density at radius 3 is 2.45 bits per heavy atom.